The summed E-state index contributed by atoms with van der Waals surface area (Å²) in [5.74, 6) is 0.863. The largest absolute Gasteiger partial charge is 0.326 e. The fraction of sp³-hybridized carbons (Fsp3) is 1.00. The summed E-state index contributed by atoms with van der Waals surface area (Å²) in [5.41, 5.74) is 6.00. The molecule has 1 rings (SSSR count). The molecule has 2 heteroatoms. The van der Waals surface area contributed by atoms with Crippen molar-refractivity contribution in [1.82, 2.24) is 4.90 Å². The van der Waals surface area contributed by atoms with Crippen LogP contribution in [0.15, 0.2) is 0 Å². The zero-order valence-electron chi connectivity index (χ0n) is 7.88. The Morgan fingerprint density at radius 3 is 2.36 bits per heavy atom. The van der Waals surface area contributed by atoms with Crippen LogP contribution in [-0.4, -0.2) is 31.1 Å². The number of nitrogens with two attached hydrogens (primary N) is 1. The lowest BCUT2D eigenvalue weighted by Gasteiger charge is -2.36. The van der Waals surface area contributed by atoms with E-state index in [2.05, 4.69) is 25.9 Å². The van der Waals surface area contributed by atoms with Crippen molar-refractivity contribution in [2.45, 2.75) is 38.3 Å². The van der Waals surface area contributed by atoms with Crippen molar-refractivity contribution in [1.29, 1.82) is 0 Å². The lowest BCUT2D eigenvalue weighted by molar-refractivity contribution is 0.168. The Morgan fingerprint density at radius 1 is 1.27 bits per heavy atom. The standard InChI is InChI=1S/C9H20N2/c1-7-4-5-8(10)9(6-7)11(2)3/h7-9H,4-6,10H2,1-3H3. The second-order valence-corrected chi connectivity index (χ2v) is 4.11. The highest BCUT2D eigenvalue weighted by atomic mass is 15.1. The van der Waals surface area contributed by atoms with Crippen molar-refractivity contribution in [3.63, 3.8) is 0 Å². The molecule has 66 valence electrons. The molecule has 0 aromatic heterocycles. The zero-order chi connectivity index (χ0) is 8.43. The molecule has 0 aromatic rings. The number of rotatable bonds is 1. The van der Waals surface area contributed by atoms with Crippen molar-refractivity contribution in [2.75, 3.05) is 14.1 Å². The van der Waals surface area contributed by atoms with Gasteiger partial charge in [0.1, 0.15) is 0 Å². The molecule has 0 saturated heterocycles. The van der Waals surface area contributed by atoms with E-state index in [0.717, 1.165) is 5.92 Å². The van der Waals surface area contributed by atoms with Crippen LogP contribution in [0.5, 0.6) is 0 Å². The van der Waals surface area contributed by atoms with E-state index in [0.29, 0.717) is 12.1 Å². The highest BCUT2D eigenvalue weighted by Gasteiger charge is 2.26. The lowest BCUT2D eigenvalue weighted by Crippen LogP contribution is -2.47. The summed E-state index contributed by atoms with van der Waals surface area (Å²) in [4.78, 5) is 2.26. The van der Waals surface area contributed by atoms with Crippen molar-refractivity contribution in [3.8, 4) is 0 Å². The Morgan fingerprint density at radius 2 is 1.91 bits per heavy atom. The van der Waals surface area contributed by atoms with Crippen LogP contribution < -0.4 is 5.73 Å². The average Bonchev–Trinajstić information content (AvgIpc) is 1.94. The molecule has 1 aliphatic carbocycles. The molecular weight excluding hydrogens is 136 g/mol. The van der Waals surface area contributed by atoms with Gasteiger partial charge in [0.2, 0.25) is 0 Å². The van der Waals surface area contributed by atoms with Gasteiger partial charge in [-0.15, -0.1) is 0 Å². The topological polar surface area (TPSA) is 29.3 Å². The Bertz CT molecular complexity index is 123. The van der Waals surface area contributed by atoms with E-state index in [1.807, 2.05) is 0 Å². The molecule has 2 nitrogen and oxygen atoms in total. The first-order chi connectivity index (χ1) is 5.11. The molecule has 0 bridgehead atoms. The highest BCUT2D eigenvalue weighted by Crippen LogP contribution is 2.25. The quantitative estimate of drug-likeness (QED) is 0.615. The van der Waals surface area contributed by atoms with E-state index >= 15 is 0 Å². The van der Waals surface area contributed by atoms with E-state index < -0.39 is 0 Å². The molecule has 3 atom stereocenters. The van der Waals surface area contributed by atoms with E-state index in [1.54, 1.807) is 0 Å². The SMILES string of the molecule is CC1CCC(N)C(N(C)C)C1. The first-order valence-corrected chi connectivity index (χ1v) is 4.53. The van der Waals surface area contributed by atoms with Crippen molar-refractivity contribution in [3.05, 3.63) is 0 Å². The molecule has 2 N–H and O–H groups in total. The Balaban J connectivity index is 2.47. The molecule has 0 spiro atoms. The molecule has 0 amide bonds. The van der Waals surface area contributed by atoms with Gasteiger partial charge in [0.05, 0.1) is 0 Å². The summed E-state index contributed by atoms with van der Waals surface area (Å²) in [6.45, 7) is 2.32. The third-order valence-corrected chi connectivity index (χ3v) is 2.79. The second-order valence-electron chi connectivity index (χ2n) is 4.11. The van der Waals surface area contributed by atoms with Crippen LogP contribution in [0.1, 0.15) is 26.2 Å². The van der Waals surface area contributed by atoms with Gasteiger partial charge in [-0.05, 0) is 39.3 Å². The van der Waals surface area contributed by atoms with Gasteiger partial charge in [-0.25, -0.2) is 0 Å². The number of hydrogen-bond acceptors (Lipinski definition) is 2. The maximum atomic E-state index is 6.00. The summed E-state index contributed by atoms with van der Waals surface area (Å²) >= 11 is 0. The second kappa shape index (κ2) is 3.55. The number of nitrogens with zero attached hydrogens (tertiary/aromatic N) is 1. The van der Waals surface area contributed by atoms with Crippen LogP contribution >= 0.6 is 0 Å². The number of likely N-dealkylation sites (N-methyl/N-ethyl adjacent to an activating group) is 1. The van der Waals surface area contributed by atoms with Gasteiger partial charge in [-0.2, -0.15) is 0 Å². The molecule has 0 aromatic carbocycles. The van der Waals surface area contributed by atoms with Gasteiger partial charge < -0.3 is 10.6 Å². The fourth-order valence-corrected chi connectivity index (χ4v) is 1.97. The monoisotopic (exact) mass is 156 g/mol. The molecule has 0 aliphatic heterocycles. The molecule has 0 radical (unpaired) electrons. The molecule has 1 aliphatic rings. The first-order valence-electron chi connectivity index (χ1n) is 4.53. The van der Waals surface area contributed by atoms with Gasteiger partial charge in [0.15, 0.2) is 0 Å². The van der Waals surface area contributed by atoms with Crippen LogP contribution in [0.2, 0.25) is 0 Å². The molecule has 1 fully saturated rings. The predicted molar refractivity (Wildman–Crippen MR) is 48.5 cm³/mol. The van der Waals surface area contributed by atoms with Gasteiger partial charge in [0, 0.05) is 12.1 Å². The number of hydrogen-bond donors (Lipinski definition) is 1. The minimum absolute atomic E-state index is 0.404. The predicted octanol–water partition coefficient (Wildman–Crippen LogP) is 1.06. The smallest absolute Gasteiger partial charge is 0.0243 e. The van der Waals surface area contributed by atoms with Crippen LogP contribution in [0.3, 0.4) is 0 Å². The Labute approximate surface area is 69.8 Å². The van der Waals surface area contributed by atoms with Crippen LogP contribution in [-0.2, 0) is 0 Å². The minimum atomic E-state index is 0.404. The summed E-state index contributed by atoms with van der Waals surface area (Å²) in [7, 11) is 4.26. The van der Waals surface area contributed by atoms with Crippen molar-refractivity contribution in [2.24, 2.45) is 11.7 Å². The highest BCUT2D eigenvalue weighted by molar-refractivity contribution is 4.85. The van der Waals surface area contributed by atoms with E-state index in [-0.39, 0.29) is 0 Å². The fourth-order valence-electron chi connectivity index (χ4n) is 1.97. The van der Waals surface area contributed by atoms with Crippen LogP contribution in [0.25, 0.3) is 0 Å². The summed E-state index contributed by atoms with van der Waals surface area (Å²) in [5, 5.41) is 0. The minimum Gasteiger partial charge on any atom is -0.326 e. The van der Waals surface area contributed by atoms with Crippen LogP contribution in [0, 0.1) is 5.92 Å². The third-order valence-electron chi connectivity index (χ3n) is 2.79. The molecule has 3 unspecified atom stereocenters. The molecule has 1 saturated carbocycles. The maximum Gasteiger partial charge on any atom is 0.0243 e. The van der Waals surface area contributed by atoms with E-state index in [9.17, 15) is 0 Å². The summed E-state index contributed by atoms with van der Waals surface area (Å²) < 4.78 is 0. The van der Waals surface area contributed by atoms with Gasteiger partial charge in [0.25, 0.3) is 0 Å². The van der Waals surface area contributed by atoms with Gasteiger partial charge >= 0.3 is 0 Å². The maximum absolute atomic E-state index is 6.00. The Kier molecular flexibility index (Phi) is 2.90. The summed E-state index contributed by atoms with van der Waals surface area (Å²) in [6.07, 6.45) is 3.78. The normalized spacial score (nSPS) is 39.5. The lowest BCUT2D eigenvalue weighted by atomic mass is 9.83. The van der Waals surface area contributed by atoms with E-state index in [4.69, 9.17) is 5.73 Å². The molecule has 0 heterocycles. The van der Waals surface area contributed by atoms with Gasteiger partial charge in [-0.3, -0.25) is 0 Å². The van der Waals surface area contributed by atoms with Gasteiger partial charge in [-0.1, -0.05) is 6.92 Å². The Hall–Kier alpha value is -0.0800. The first kappa shape index (κ1) is 9.01. The molecular formula is C9H20N2. The summed E-state index contributed by atoms with van der Waals surface area (Å²) in [6, 6.07) is 1.01. The third kappa shape index (κ3) is 2.17. The van der Waals surface area contributed by atoms with Crippen LogP contribution in [0.4, 0.5) is 0 Å². The van der Waals surface area contributed by atoms with Crippen molar-refractivity contribution < 1.29 is 0 Å². The van der Waals surface area contributed by atoms with Crippen molar-refractivity contribution >= 4 is 0 Å². The average molecular weight is 156 g/mol. The molecule has 11 heavy (non-hydrogen) atoms. The van der Waals surface area contributed by atoms with E-state index in [1.165, 1.54) is 19.3 Å². The zero-order valence-corrected chi connectivity index (χ0v) is 7.88.